The monoisotopic (exact) mass is 243 g/mol. The minimum Gasteiger partial charge on any atom is -0.461 e. The Labute approximate surface area is 102 Å². The quantitative estimate of drug-likeness (QED) is 0.382. The molecule has 0 aliphatic heterocycles. The molecular formula is C12H21NO4. The van der Waals surface area contributed by atoms with Crippen molar-refractivity contribution in [3.05, 3.63) is 12.7 Å². The molecule has 0 radical (unpaired) electrons. The summed E-state index contributed by atoms with van der Waals surface area (Å²) in [4.78, 5) is 21.7. The van der Waals surface area contributed by atoms with Crippen LogP contribution in [-0.2, 0) is 14.3 Å². The van der Waals surface area contributed by atoms with E-state index in [1.165, 1.54) is 0 Å². The van der Waals surface area contributed by atoms with Crippen molar-refractivity contribution in [3.8, 4) is 0 Å². The summed E-state index contributed by atoms with van der Waals surface area (Å²) in [7, 11) is 0. The SMILES string of the molecule is C=CC(=O)OCCNC(=O)OCCCCCC. The molecule has 1 amide bonds. The normalized spacial score (nSPS) is 9.47. The second-order valence-corrected chi connectivity index (χ2v) is 3.49. The number of hydrogen-bond acceptors (Lipinski definition) is 4. The van der Waals surface area contributed by atoms with Crippen LogP contribution in [-0.4, -0.2) is 31.8 Å². The van der Waals surface area contributed by atoms with Gasteiger partial charge in [0.25, 0.3) is 0 Å². The first-order chi connectivity index (χ1) is 8.20. The van der Waals surface area contributed by atoms with Gasteiger partial charge in [0.2, 0.25) is 0 Å². The van der Waals surface area contributed by atoms with E-state index >= 15 is 0 Å². The van der Waals surface area contributed by atoms with Crippen molar-refractivity contribution < 1.29 is 19.1 Å². The smallest absolute Gasteiger partial charge is 0.407 e. The van der Waals surface area contributed by atoms with Gasteiger partial charge in [0.05, 0.1) is 13.2 Å². The largest absolute Gasteiger partial charge is 0.461 e. The molecular weight excluding hydrogens is 222 g/mol. The van der Waals surface area contributed by atoms with Crippen LogP contribution in [0.3, 0.4) is 0 Å². The fraction of sp³-hybridized carbons (Fsp3) is 0.667. The third-order valence-electron chi connectivity index (χ3n) is 2.01. The van der Waals surface area contributed by atoms with E-state index in [9.17, 15) is 9.59 Å². The van der Waals surface area contributed by atoms with E-state index in [0.717, 1.165) is 31.8 Å². The summed E-state index contributed by atoms with van der Waals surface area (Å²) in [5.74, 6) is -0.500. The van der Waals surface area contributed by atoms with Crippen molar-refractivity contribution in [1.29, 1.82) is 0 Å². The predicted molar refractivity (Wildman–Crippen MR) is 64.6 cm³/mol. The summed E-state index contributed by atoms with van der Waals surface area (Å²) < 4.78 is 9.58. The highest BCUT2D eigenvalue weighted by Crippen LogP contribution is 1.98. The highest BCUT2D eigenvalue weighted by molar-refractivity contribution is 5.81. The standard InChI is InChI=1S/C12H21NO4/c1-3-5-6-7-9-17-12(15)13-8-10-16-11(14)4-2/h4H,2-3,5-10H2,1H3,(H,13,15). The first kappa shape index (κ1) is 15.5. The number of carbonyl (C=O) groups is 2. The Kier molecular flexibility index (Phi) is 10.00. The van der Waals surface area contributed by atoms with E-state index in [-0.39, 0.29) is 13.2 Å². The molecule has 17 heavy (non-hydrogen) atoms. The zero-order valence-corrected chi connectivity index (χ0v) is 10.4. The summed E-state index contributed by atoms with van der Waals surface area (Å²) in [6.07, 6.45) is 4.86. The van der Waals surface area contributed by atoms with E-state index < -0.39 is 12.1 Å². The third kappa shape index (κ3) is 10.8. The second kappa shape index (κ2) is 11.0. The Bertz CT molecular complexity index is 241. The van der Waals surface area contributed by atoms with Crippen LogP contribution >= 0.6 is 0 Å². The summed E-state index contributed by atoms with van der Waals surface area (Å²) in [5, 5.41) is 2.48. The summed E-state index contributed by atoms with van der Waals surface area (Å²) in [6.45, 7) is 6.17. The molecule has 0 saturated carbocycles. The average molecular weight is 243 g/mol. The van der Waals surface area contributed by atoms with E-state index in [1.54, 1.807) is 0 Å². The van der Waals surface area contributed by atoms with Gasteiger partial charge < -0.3 is 14.8 Å². The lowest BCUT2D eigenvalue weighted by Gasteiger charge is -2.06. The molecule has 0 aliphatic rings. The molecule has 0 rings (SSSR count). The topological polar surface area (TPSA) is 64.6 Å². The first-order valence-electron chi connectivity index (χ1n) is 5.90. The molecule has 5 nitrogen and oxygen atoms in total. The van der Waals surface area contributed by atoms with Crippen LogP contribution in [0.1, 0.15) is 32.6 Å². The Morgan fingerprint density at radius 3 is 2.59 bits per heavy atom. The van der Waals surface area contributed by atoms with Gasteiger partial charge in [-0.25, -0.2) is 9.59 Å². The third-order valence-corrected chi connectivity index (χ3v) is 2.01. The van der Waals surface area contributed by atoms with Gasteiger partial charge >= 0.3 is 12.1 Å². The van der Waals surface area contributed by atoms with Crippen LogP contribution in [0.4, 0.5) is 4.79 Å². The molecule has 0 heterocycles. The highest BCUT2D eigenvalue weighted by Gasteiger charge is 2.01. The number of unbranched alkanes of at least 4 members (excludes halogenated alkanes) is 3. The molecule has 0 aromatic carbocycles. The van der Waals surface area contributed by atoms with Crippen LogP contribution < -0.4 is 5.32 Å². The van der Waals surface area contributed by atoms with Crippen LogP contribution in [0.15, 0.2) is 12.7 Å². The summed E-state index contributed by atoms with van der Waals surface area (Å²) in [6, 6.07) is 0. The van der Waals surface area contributed by atoms with E-state index in [4.69, 9.17) is 4.74 Å². The van der Waals surface area contributed by atoms with Crippen molar-refractivity contribution in [3.63, 3.8) is 0 Å². The lowest BCUT2D eigenvalue weighted by molar-refractivity contribution is -0.137. The molecule has 0 aliphatic carbocycles. The van der Waals surface area contributed by atoms with E-state index in [0.29, 0.717) is 6.61 Å². The number of hydrogen-bond donors (Lipinski definition) is 1. The maximum absolute atomic E-state index is 11.1. The molecule has 0 bridgehead atoms. The van der Waals surface area contributed by atoms with Gasteiger partial charge in [-0.15, -0.1) is 0 Å². The van der Waals surface area contributed by atoms with Gasteiger partial charge in [0.1, 0.15) is 6.61 Å². The van der Waals surface area contributed by atoms with Gasteiger partial charge in [-0.3, -0.25) is 0 Å². The molecule has 0 saturated heterocycles. The minimum atomic E-state index is -0.500. The lowest BCUT2D eigenvalue weighted by atomic mass is 10.2. The zero-order valence-electron chi connectivity index (χ0n) is 10.4. The van der Waals surface area contributed by atoms with Crippen LogP contribution in [0.5, 0.6) is 0 Å². The van der Waals surface area contributed by atoms with Crippen LogP contribution in [0, 0.1) is 0 Å². The molecule has 0 aromatic rings. The highest BCUT2D eigenvalue weighted by atomic mass is 16.6. The number of alkyl carbamates (subject to hydrolysis) is 1. The van der Waals surface area contributed by atoms with Crippen molar-refractivity contribution in [2.24, 2.45) is 0 Å². The Hall–Kier alpha value is -1.52. The van der Waals surface area contributed by atoms with Crippen molar-refractivity contribution >= 4 is 12.1 Å². The Morgan fingerprint density at radius 2 is 1.94 bits per heavy atom. The number of esters is 1. The van der Waals surface area contributed by atoms with Gasteiger partial charge in [-0.2, -0.15) is 0 Å². The Morgan fingerprint density at radius 1 is 1.18 bits per heavy atom. The Balaban J connectivity index is 3.29. The van der Waals surface area contributed by atoms with Crippen molar-refractivity contribution in [2.75, 3.05) is 19.8 Å². The minimum absolute atomic E-state index is 0.121. The number of rotatable bonds is 9. The number of ether oxygens (including phenoxy) is 2. The van der Waals surface area contributed by atoms with Crippen molar-refractivity contribution in [1.82, 2.24) is 5.32 Å². The molecule has 98 valence electrons. The summed E-state index contributed by atoms with van der Waals surface area (Å²) in [5.41, 5.74) is 0. The van der Waals surface area contributed by atoms with Crippen LogP contribution in [0.2, 0.25) is 0 Å². The first-order valence-corrected chi connectivity index (χ1v) is 5.90. The molecule has 1 N–H and O–H groups in total. The maximum Gasteiger partial charge on any atom is 0.407 e. The van der Waals surface area contributed by atoms with E-state index in [2.05, 4.69) is 23.6 Å². The van der Waals surface area contributed by atoms with Gasteiger partial charge in [0, 0.05) is 6.08 Å². The molecule has 0 aromatic heterocycles. The molecule has 5 heteroatoms. The fourth-order valence-electron chi connectivity index (χ4n) is 1.11. The lowest BCUT2D eigenvalue weighted by Crippen LogP contribution is -2.28. The average Bonchev–Trinajstić information content (AvgIpc) is 2.34. The van der Waals surface area contributed by atoms with E-state index in [1.807, 2.05) is 0 Å². The molecule has 0 spiro atoms. The number of carbonyl (C=O) groups excluding carboxylic acids is 2. The van der Waals surface area contributed by atoms with Crippen molar-refractivity contribution in [2.45, 2.75) is 32.6 Å². The predicted octanol–water partition coefficient (Wildman–Crippen LogP) is 2.02. The fourth-order valence-corrected chi connectivity index (χ4v) is 1.11. The van der Waals surface area contributed by atoms with Crippen LogP contribution in [0.25, 0.3) is 0 Å². The number of nitrogens with one attached hydrogen (secondary N) is 1. The molecule has 0 atom stereocenters. The second-order valence-electron chi connectivity index (χ2n) is 3.49. The summed E-state index contributed by atoms with van der Waals surface area (Å²) >= 11 is 0. The van der Waals surface area contributed by atoms with Gasteiger partial charge in [0.15, 0.2) is 0 Å². The zero-order chi connectivity index (χ0) is 12.9. The molecule has 0 unspecified atom stereocenters. The van der Waals surface area contributed by atoms with Gasteiger partial charge in [-0.05, 0) is 6.42 Å². The maximum atomic E-state index is 11.1. The molecule has 0 fully saturated rings. The number of amides is 1. The van der Waals surface area contributed by atoms with Gasteiger partial charge in [-0.1, -0.05) is 32.8 Å².